The minimum atomic E-state index is -0.402. The third kappa shape index (κ3) is 4.03. The average molecular weight is 491 g/mol. The number of hydrogen-bond donors (Lipinski definition) is 2. The number of carbonyl (C=O) groups is 1. The van der Waals surface area contributed by atoms with E-state index in [9.17, 15) is 4.79 Å². The molecule has 4 saturated carbocycles. The SMILES string of the molecule is CCCC(NC(=S)Nc1ccc2c(Cl)c(C(=O)OC)sc2c1)C12CC3CC(CC(C3)C1)C2. The van der Waals surface area contributed by atoms with Crippen molar-refractivity contribution in [2.24, 2.45) is 23.2 Å². The van der Waals surface area contributed by atoms with Crippen LogP contribution < -0.4 is 10.6 Å². The maximum absolute atomic E-state index is 12.0. The molecule has 0 amide bonds. The molecular weight excluding hydrogens is 460 g/mol. The molecule has 1 aromatic carbocycles. The van der Waals surface area contributed by atoms with Crippen molar-refractivity contribution < 1.29 is 9.53 Å². The lowest BCUT2D eigenvalue weighted by atomic mass is 9.47. The molecule has 172 valence electrons. The Morgan fingerprint density at radius 3 is 2.50 bits per heavy atom. The van der Waals surface area contributed by atoms with Crippen LogP contribution in [-0.2, 0) is 4.74 Å². The highest BCUT2D eigenvalue weighted by Crippen LogP contribution is 2.61. The van der Waals surface area contributed by atoms with Crippen molar-refractivity contribution in [3.05, 3.63) is 28.1 Å². The van der Waals surface area contributed by atoms with Crippen LogP contribution in [0.15, 0.2) is 18.2 Å². The van der Waals surface area contributed by atoms with Crippen LogP contribution in [0.25, 0.3) is 10.1 Å². The van der Waals surface area contributed by atoms with E-state index in [0.717, 1.165) is 46.4 Å². The Balaban J connectivity index is 1.32. The summed E-state index contributed by atoms with van der Waals surface area (Å²) in [7, 11) is 1.37. The van der Waals surface area contributed by atoms with E-state index in [1.165, 1.54) is 57.0 Å². The second-order valence-corrected chi connectivity index (χ2v) is 12.0. The Bertz CT molecular complexity index is 1010. The van der Waals surface area contributed by atoms with Gasteiger partial charge >= 0.3 is 5.97 Å². The number of halogens is 1. The lowest BCUT2D eigenvalue weighted by molar-refractivity contribution is -0.0718. The summed E-state index contributed by atoms with van der Waals surface area (Å²) in [6, 6.07) is 6.35. The van der Waals surface area contributed by atoms with E-state index in [4.69, 9.17) is 28.6 Å². The highest BCUT2D eigenvalue weighted by atomic mass is 35.5. The minimum absolute atomic E-state index is 0.402. The van der Waals surface area contributed by atoms with Gasteiger partial charge in [0, 0.05) is 21.8 Å². The van der Waals surface area contributed by atoms with Crippen LogP contribution in [0.5, 0.6) is 0 Å². The average Bonchev–Trinajstić information content (AvgIpc) is 3.07. The van der Waals surface area contributed by atoms with Crippen LogP contribution in [0.3, 0.4) is 0 Å². The Kier molecular flexibility index (Phi) is 6.14. The van der Waals surface area contributed by atoms with Crippen molar-refractivity contribution in [2.45, 2.75) is 64.3 Å². The summed E-state index contributed by atoms with van der Waals surface area (Å²) in [5.74, 6) is 2.39. The standard InChI is InChI=1S/C25H31ClN2O2S2/c1-3-4-20(25-11-14-7-15(12-25)9-16(8-14)13-25)28-24(31)27-17-5-6-18-19(10-17)32-22(21(18)26)23(29)30-2/h5-6,10,14-16,20H,3-4,7-9,11-13H2,1-2H3,(H2,27,28,31). The fourth-order valence-electron chi connectivity index (χ4n) is 7.12. The monoisotopic (exact) mass is 490 g/mol. The number of benzene rings is 1. The van der Waals surface area contributed by atoms with Gasteiger partial charge in [0.05, 0.1) is 12.1 Å². The summed E-state index contributed by atoms with van der Waals surface area (Å²) >= 11 is 13.5. The van der Waals surface area contributed by atoms with Gasteiger partial charge in [-0.3, -0.25) is 0 Å². The fourth-order valence-corrected chi connectivity index (χ4v) is 8.84. The van der Waals surface area contributed by atoms with Crippen molar-refractivity contribution in [2.75, 3.05) is 12.4 Å². The lowest BCUT2D eigenvalue weighted by Gasteiger charge is -2.59. The van der Waals surface area contributed by atoms with Gasteiger partial charge in [-0.15, -0.1) is 11.3 Å². The number of esters is 1. The normalized spacial score (nSPS) is 29.2. The Morgan fingerprint density at radius 2 is 1.91 bits per heavy atom. The smallest absolute Gasteiger partial charge is 0.349 e. The molecule has 1 atom stereocenters. The van der Waals surface area contributed by atoms with Crippen molar-refractivity contribution in [1.82, 2.24) is 5.32 Å². The maximum atomic E-state index is 12.0. The first-order chi connectivity index (χ1) is 15.4. The molecule has 4 aliphatic rings. The van der Waals surface area contributed by atoms with Crippen molar-refractivity contribution in [1.29, 1.82) is 0 Å². The Morgan fingerprint density at radius 1 is 1.25 bits per heavy atom. The van der Waals surface area contributed by atoms with Gasteiger partial charge in [0.1, 0.15) is 4.88 Å². The molecule has 2 N–H and O–H groups in total. The molecule has 2 aromatic rings. The third-order valence-electron chi connectivity index (χ3n) is 7.97. The first-order valence-electron chi connectivity index (χ1n) is 11.8. The highest BCUT2D eigenvalue weighted by molar-refractivity contribution is 7.80. The zero-order valence-corrected chi connectivity index (χ0v) is 21.1. The van der Waals surface area contributed by atoms with Crippen molar-refractivity contribution >= 4 is 62.0 Å². The van der Waals surface area contributed by atoms with Crippen LogP contribution in [-0.4, -0.2) is 24.2 Å². The first-order valence-corrected chi connectivity index (χ1v) is 13.4. The first kappa shape index (κ1) is 22.4. The van der Waals surface area contributed by atoms with Gasteiger partial charge in [-0.25, -0.2) is 4.79 Å². The number of thiophene rings is 1. The molecule has 4 nitrogen and oxygen atoms in total. The number of carbonyl (C=O) groups excluding carboxylic acids is 1. The lowest BCUT2D eigenvalue weighted by Crippen LogP contribution is -2.57. The van der Waals surface area contributed by atoms with Gasteiger partial charge < -0.3 is 15.4 Å². The summed E-state index contributed by atoms with van der Waals surface area (Å²) in [4.78, 5) is 12.4. The van der Waals surface area contributed by atoms with Gasteiger partial charge in [0.15, 0.2) is 5.11 Å². The molecule has 0 radical (unpaired) electrons. The number of anilines is 1. The number of nitrogens with one attached hydrogen (secondary N) is 2. The fraction of sp³-hybridized carbons (Fsp3) is 0.600. The maximum Gasteiger partial charge on any atom is 0.349 e. The van der Waals surface area contributed by atoms with Gasteiger partial charge in [-0.1, -0.05) is 24.9 Å². The number of fused-ring (bicyclic) bond motifs is 1. The van der Waals surface area contributed by atoms with Gasteiger partial charge in [-0.05, 0) is 98.5 Å². The zero-order valence-electron chi connectivity index (χ0n) is 18.7. The summed E-state index contributed by atoms with van der Waals surface area (Å²) in [5.41, 5.74) is 1.32. The van der Waals surface area contributed by atoms with E-state index in [2.05, 4.69) is 17.6 Å². The molecule has 7 heteroatoms. The van der Waals surface area contributed by atoms with E-state index in [1.807, 2.05) is 18.2 Å². The van der Waals surface area contributed by atoms with Crippen LogP contribution in [0.1, 0.15) is 68.0 Å². The molecule has 4 fully saturated rings. The molecule has 0 spiro atoms. The largest absolute Gasteiger partial charge is 0.465 e. The highest BCUT2D eigenvalue weighted by Gasteiger charge is 2.54. The van der Waals surface area contributed by atoms with Crippen LogP contribution in [0.2, 0.25) is 5.02 Å². The molecule has 0 saturated heterocycles. The van der Waals surface area contributed by atoms with Crippen LogP contribution in [0.4, 0.5) is 5.69 Å². The number of thiocarbonyl (C=S) groups is 1. The predicted octanol–water partition coefficient (Wildman–Crippen LogP) is 7.01. The van der Waals surface area contributed by atoms with Crippen molar-refractivity contribution in [3.63, 3.8) is 0 Å². The molecule has 6 rings (SSSR count). The van der Waals surface area contributed by atoms with Crippen LogP contribution >= 0.6 is 35.2 Å². The van der Waals surface area contributed by atoms with E-state index in [-0.39, 0.29) is 0 Å². The quantitative estimate of drug-likeness (QED) is 0.336. The molecule has 32 heavy (non-hydrogen) atoms. The molecule has 1 unspecified atom stereocenters. The number of ether oxygens (including phenoxy) is 1. The minimum Gasteiger partial charge on any atom is -0.465 e. The second kappa shape index (κ2) is 8.77. The molecule has 0 aliphatic heterocycles. The van der Waals surface area contributed by atoms with Crippen LogP contribution in [0, 0.1) is 23.2 Å². The van der Waals surface area contributed by atoms with E-state index in [0.29, 0.717) is 26.5 Å². The zero-order chi connectivity index (χ0) is 22.5. The summed E-state index contributed by atoms with van der Waals surface area (Å²) < 4.78 is 5.79. The summed E-state index contributed by atoms with van der Waals surface area (Å²) in [6.45, 7) is 2.28. The van der Waals surface area contributed by atoms with Gasteiger partial charge in [-0.2, -0.15) is 0 Å². The molecule has 4 bridgehead atoms. The summed E-state index contributed by atoms with van der Waals surface area (Å²) in [5, 5.41) is 9.14. The molecule has 4 aliphatic carbocycles. The number of methoxy groups -OCH3 is 1. The third-order valence-corrected chi connectivity index (χ3v) is 9.82. The topological polar surface area (TPSA) is 50.4 Å². The van der Waals surface area contributed by atoms with Crippen molar-refractivity contribution in [3.8, 4) is 0 Å². The van der Waals surface area contributed by atoms with E-state index < -0.39 is 5.97 Å². The second-order valence-electron chi connectivity index (χ2n) is 10.2. The summed E-state index contributed by atoms with van der Waals surface area (Å²) in [6.07, 6.45) is 10.8. The Hall–Kier alpha value is -1.37. The van der Waals surface area contributed by atoms with E-state index >= 15 is 0 Å². The Labute approximate surface area is 204 Å². The van der Waals surface area contributed by atoms with Gasteiger partial charge in [0.25, 0.3) is 0 Å². The van der Waals surface area contributed by atoms with E-state index in [1.54, 1.807) is 0 Å². The predicted molar refractivity (Wildman–Crippen MR) is 137 cm³/mol. The molecular formula is C25H31ClN2O2S2. The number of hydrogen-bond acceptors (Lipinski definition) is 4. The molecule has 1 heterocycles. The van der Waals surface area contributed by atoms with Gasteiger partial charge in [0.2, 0.25) is 0 Å². The molecule has 1 aromatic heterocycles. The number of rotatable bonds is 6.